The SMILES string of the molecule is CCOC(=O)CN1CCC(CNc2c(F)c(Oc3cccc(NC(=N)N)c3)nc(Oc3cc(C(=N)N)ccc3O)c2F)CC1. The quantitative estimate of drug-likeness (QED) is 0.0886. The van der Waals surface area contributed by atoms with Gasteiger partial charge in [0.05, 0.1) is 13.2 Å². The zero-order valence-electron chi connectivity index (χ0n) is 24.0. The van der Waals surface area contributed by atoms with Gasteiger partial charge in [0.25, 0.3) is 11.8 Å². The Morgan fingerprint density at radius 1 is 1.09 bits per heavy atom. The van der Waals surface area contributed by atoms with Crippen molar-refractivity contribution in [2.45, 2.75) is 19.8 Å². The van der Waals surface area contributed by atoms with E-state index in [4.69, 9.17) is 36.5 Å². The molecule has 234 valence electrons. The van der Waals surface area contributed by atoms with Crippen LogP contribution in [-0.4, -0.2) is 65.5 Å². The Morgan fingerprint density at radius 2 is 1.80 bits per heavy atom. The highest BCUT2D eigenvalue weighted by atomic mass is 19.1. The summed E-state index contributed by atoms with van der Waals surface area (Å²) in [5.74, 6) is -5.10. The molecular weight excluding hydrogens is 578 g/mol. The van der Waals surface area contributed by atoms with Gasteiger partial charge in [-0.1, -0.05) is 6.07 Å². The number of phenolic OH excluding ortho intramolecular Hbond substituents is 1. The summed E-state index contributed by atoms with van der Waals surface area (Å²) in [6, 6.07) is 9.91. The van der Waals surface area contributed by atoms with Crippen molar-refractivity contribution >= 4 is 29.1 Å². The molecule has 9 N–H and O–H groups in total. The molecule has 0 unspecified atom stereocenters. The van der Waals surface area contributed by atoms with Gasteiger partial charge in [-0.05, 0) is 69.1 Å². The molecule has 1 fully saturated rings. The number of hydrogen-bond donors (Lipinski definition) is 7. The van der Waals surface area contributed by atoms with Crippen molar-refractivity contribution < 1.29 is 32.9 Å². The van der Waals surface area contributed by atoms with Gasteiger partial charge in [-0.15, -0.1) is 0 Å². The normalized spacial score (nSPS) is 13.6. The monoisotopic (exact) mass is 612 g/mol. The molecule has 0 bridgehead atoms. The minimum absolute atomic E-state index is 0.0415. The number of nitrogens with zero attached hydrogens (tertiary/aromatic N) is 2. The molecule has 0 amide bonds. The van der Waals surface area contributed by atoms with Crippen LogP contribution in [-0.2, 0) is 9.53 Å². The lowest BCUT2D eigenvalue weighted by Crippen LogP contribution is -2.39. The summed E-state index contributed by atoms with van der Waals surface area (Å²) in [4.78, 5) is 17.7. The van der Waals surface area contributed by atoms with Crippen molar-refractivity contribution in [1.29, 1.82) is 10.8 Å². The van der Waals surface area contributed by atoms with Gasteiger partial charge in [-0.25, -0.2) is 0 Å². The predicted molar refractivity (Wildman–Crippen MR) is 160 cm³/mol. The van der Waals surface area contributed by atoms with Gasteiger partial charge in [-0.2, -0.15) is 13.8 Å². The van der Waals surface area contributed by atoms with Crippen LogP contribution in [0.25, 0.3) is 0 Å². The molecule has 1 aliphatic heterocycles. The molecule has 13 nitrogen and oxygen atoms in total. The van der Waals surface area contributed by atoms with Crippen LogP contribution >= 0.6 is 0 Å². The van der Waals surface area contributed by atoms with Crippen molar-refractivity contribution in [1.82, 2.24) is 9.88 Å². The van der Waals surface area contributed by atoms with E-state index in [1.807, 2.05) is 4.90 Å². The number of guanidine groups is 1. The van der Waals surface area contributed by atoms with E-state index in [2.05, 4.69) is 15.6 Å². The highest BCUT2D eigenvalue weighted by Crippen LogP contribution is 2.39. The molecule has 1 aromatic heterocycles. The van der Waals surface area contributed by atoms with Crippen molar-refractivity contribution in [3.8, 4) is 29.0 Å². The van der Waals surface area contributed by atoms with Crippen LogP contribution in [0.15, 0.2) is 42.5 Å². The maximum Gasteiger partial charge on any atom is 0.320 e. The van der Waals surface area contributed by atoms with Gasteiger partial charge in [-0.3, -0.25) is 20.5 Å². The number of rotatable bonds is 12. The number of amidine groups is 1. The summed E-state index contributed by atoms with van der Waals surface area (Å²) in [7, 11) is 0. The molecule has 0 atom stereocenters. The van der Waals surface area contributed by atoms with Gasteiger partial charge in [0.15, 0.2) is 17.5 Å². The minimum atomic E-state index is -1.17. The first-order valence-corrected chi connectivity index (χ1v) is 13.8. The summed E-state index contributed by atoms with van der Waals surface area (Å²) < 4.78 is 47.8. The van der Waals surface area contributed by atoms with Crippen LogP contribution in [0.3, 0.4) is 0 Å². The number of likely N-dealkylation sites (tertiary alicyclic amines) is 1. The van der Waals surface area contributed by atoms with Gasteiger partial charge in [0, 0.05) is 23.9 Å². The van der Waals surface area contributed by atoms with Crippen LogP contribution in [0, 0.1) is 28.4 Å². The predicted octanol–water partition coefficient (Wildman–Crippen LogP) is 3.93. The number of nitrogens with one attached hydrogen (secondary N) is 4. The number of carbonyl (C=O) groups excluding carboxylic acids is 1. The number of nitrogen functional groups attached to an aromatic ring is 1. The molecule has 3 aromatic rings. The lowest BCUT2D eigenvalue weighted by atomic mass is 9.96. The number of benzene rings is 2. The second-order valence-corrected chi connectivity index (χ2v) is 10.00. The summed E-state index contributed by atoms with van der Waals surface area (Å²) in [5.41, 5.74) is 10.9. The highest BCUT2D eigenvalue weighted by molar-refractivity contribution is 5.95. The van der Waals surface area contributed by atoms with Crippen molar-refractivity contribution in [3.63, 3.8) is 0 Å². The van der Waals surface area contributed by atoms with E-state index in [0.717, 1.165) is 0 Å². The molecule has 1 aliphatic rings. The van der Waals surface area contributed by atoms with Gasteiger partial charge >= 0.3 is 5.97 Å². The Morgan fingerprint density at radius 3 is 2.45 bits per heavy atom. The molecular formula is C29H34F2N8O5. The van der Waals surface area contributed by atoms with Crippen LogP contribution in [0.5, 0.6) is 29.0 Å². The Kier molecular flexibility index (Phi) is 10.3. The maximum absolute atomic E-state index is 15.8. The van der Waals surface area contributed by atoms with Crippen molar-refractivity contribution in [2.75, 3.05) is 43.4 Å². The molecule has 0 spiro atoms. The Balaban J connectivity index is 1.60. The fourth-order valence-electron chi connectivity index (χ4n) is 4.55. The third-order valence-corrected chi connectivity index (χ3v) is 6.76. The molecule has 1 saturated heterocycles. The average Bonchev–Trinajstić information content (AvgIpc) is 2.97. The third kappa shape index (κ3) is 8.22. The topological polar surface area (TPSA) is 205 Å². The third-order valence-electron chi connectivity index (χ3n) is 6.76. The summed E-state index contributed by atoms with van der Waals surface area (Å²) in [5, 5.41) is 30.8. The molecule has 0 aliphatic carbocycles. The number of ether oxygens (including phenoxy) is 3. The molecule has 15 heteroatoms. The zero-order valence-corrected chi connectivity index (χ0v) is 24.0. The lowest BCUT2D eigenvalue weighted by Gasteiger charge is -2.31. The van der Waals surface area contributed by atoms with Gasteiger partial charge in [0.1, 0.15) is 17.3 Å². The standard InChI is InChI=1S/C29H34F2N8O5/c1-2-42-22(41)15-39-10-8-16(9-11-39)14-36-25-23(30)27(43-19-5-3-4-18(13-19)37-29(34)35)38-28(24(25)31)44-21-12-17(26(32)33)6-7-20(21)40/h3-7,12-13,16,40H,2,8-11,14-15H2,1H3,(H3,32,33)(H,36,38)(H4,34,35,37). The number of phenols is 1. The van der Waals surface area contributed by atoms with Crippen LogP contribution < -0.4 is 31.6 Å². The molecule has 4 rings (SSSR count). The number of aromatic nitrogens is 1. The second-order valence-electron chi connectivity index (χ2n) is 10.00. The van der Waals surface area contributed by atoms with Crippen LogP contribution in [0.1, 0.15) is 25.3 Å². The van der Waals surface area contributed by atoms with Crippen LogP contribution in [0.4, 0.5) is 20.2 Å². The fourth-order valence-corrected chi connectivity index (χ4v) is 4.55. The second kappa shape index (κ2) is 14.3. The average molecular weight is 613 g/mol. The van der Waals surface area contributed by atoms with E-state index in [1.54, 1.807) is 19.1 Å². The fraction of sp³-hybridized carbons (Fsp3) is 0.310. The number of nitrogens with two attached hydrogens (primary N) is 2. The number of aromatic hydroxyl groups is 1. The molecule has 0 radical (unpaired) electrons. The number of anilines is 2. The van der Waals surface area contributed by atoms with E-state index < -0.39 is 34.8 Å². The van der Waals surface area contributed by atoms with E-state index in [9.17, 15) is 9.90 Å². The number of esters is 1. The number of pyridine rings is 1. The van der Waals surface area contributed by atoms with Crippen molar-refractivity contribution in [3.05, 3.63) is 59.7 Å². The summed E-state index contributed by atoms with van der Waals surface area (Å²) in [6.07, 6.45) is 1.35. The minimum Gasteiger partial charge on any atom is -0.504 e. The summed E-state index contributed by atoms with van der Waals surface area (Å²) in [6.45, 7) is 3.67. The van der Waals surface area contributed by atoms with Gasteiger partial charge in [0.2, 0.25) is 11.6 Å². The van der Waals surface area contributed by atoms with E-state index in [0.29, 0.717) is 38.2 Å². The smallest absolute Gasteiger partial charge is 0.320 e. The van der Waals surface area contributed by atoms with Crippen molar-refractivity contribution in [2.24, 2.45) is 17.4 Å². The number of piperidine rings is 1. The Hall–Kier alpha value is -5.18. The largest absolute Gasteiger partial charge is 0.504 e. The first-order chi connectivity index (χ1) is 21.0. The van der Waals surface area contributed by atoms with Crippen LogP contribution in [0.2, 0.25) is 0 Å². The molecule has 0 saturated carbocycles. The summed E-state index contributed by atoms with van der Waals surface area (Å²) >= 11 is 0. The number of halogens is 2. The van der Waals surface area contributed by atoms with Gasteiger partial charge < -0.3 is 41.4 Å². The maximum atomic E-state index is 15.8. The first kappa shape index (κ1) is 31.7. The molecule has 2 aromatic carbocycles. The first-order valence-electron chi connectivity index (χ1n) is 13.8. The lowest BCUT2D eigenvalue weighted by molar-refractivity contribution is -0.144. The Labute approximate surface area is 252 Å². The molecule has 2 heterocycles. The van der Waals surface area contributed by atoms with E-state index in [1.165, 1.54) is 30.3 Å². The van der Waals surface area contributed by atoms with E-state index >= 15 is 8.78 Å². The number of carbonyl (C=O) groups is 1. The number of hydrogen-bond acceptors (Lipinski definition) is 10. The Bertz CT molecular complexity index is 1530. The highest BCUT2D eigenvalue weighted by Gasteiger charge is 2.27. The van der Waals surface area contributed by atoms with E-state index in [-0.39, 0.29) is 53.8 Å². The molecule has 44 heavy (non-hydrogen) atoms. The zero-order chi connectivity index (χ0) is 31.8.